The van der Waals surface area contributed by atoms with E-state index in [1.165, 1.54) is 11.1 Å². The molecule has 1 aromatic carbocycles. The Hall–Kier alpha value is -1.77. The fourth-order valence-electron chi connectivity index (χ4n) is 1.67. The van der Waals surface area contributed by atoms with Gasteiger partial charge in [-0.05, 0) is 36.6 Å². The van der Waals surface area contributed by atoms with E-state index >= 15 is 0 Å². The molecule has 0 unspecified atom stereocenters. The van der Waals surface area contributed by atoms with E-state index in [2.05, 4.69) is 26.5 Å². The maximum atomic E-state index is 10.8. The van der Waals surface area contributed by atoms with Gasteiger partial charge >= 0.3 is 5.97 Å². The molecule has 0 atom stereocenters. The van der Waals surface area contributed by atoms with Crippen molar-refractivity contribution in [1.29, 1.82) is 0 Å². The molecule has 0 aliphatic carbocycles. The van der Waals surface area contributed by atoms with Gasteiger partial charge in [0.05, 0.1) is 0 Å². The topological polar surface area (TPSA) is 35.5 Å². The van der Waals surface area contributed by atoms with Gasteiger partial charge < -0.3 is 9.47 Å². The third-order valence-electron chi connectivity index (χ3n) is 2.60. The van der Waals surface area contributed by atoms with Crippen LogP contribution in [0, 0.1) is 6.92 Å². The lowest BCUT2D eigenvalue weighted by Gasteiger charge is -2.09. The lowest BCUT2D eigenvalue weighted by atomic mass is 10.0. The highest BCUT2D eigenvalue weighted by Gasteiger charge is 2.01. The molecular formula is C15H20O3. The van der Waals surface area contributed by atoms with Crippen molar-refractivity contribution in [3.8, 4) is 5.75 Å². The lowest BCUT2D eigenvalue weighted by molar-refractivity contribution is -0.138. The molecule has 0 saturated carbocycles. The summed E-state index contributed by atoms with van der Waals surface area (Å²) in [6, 6.07) is 6.05. The van der Waals surface area contributed by atoms with Crippen LogP contribution in [0.4, 0.5) is 0 Å². The zero-order valence-electron chi connectivity index (χ0n) is 11.1. The Bertz CT molecular complexity index is 410. The minimum atomic E-state index is -0.423. The Morgan fingerprint density at radius 3 is 2.78 bits per heavy atom. The number of aryl methyl sites for hydroxylation is 2. The molecule has 98 valence electrons. The summed E-state index contributed by atoms with van der Waals surface area (Å²) in [5.74, 6) is 0.384. The molecule has 18 heavy (non-hydrogen) atoms. The Morgan fingerprint density at radius 2 is 2.17 bits per heavy atom. The van der Waals surface area contributed by atoms with Gasteiger partial charge in [-0.25, -0.2) is 4.79 Å². The molecule has 0 saturated heterocycles. The second-order valence-electron chi connectivity index (χ2n) is 4.06. The van der Waals surface area contributed by atoms with E-state index in [9.17, 15) is 4.79 Å². The van der Waals surface area contributed by atoms with Gasteiger partial charge in [0.15, 0.2) is 0 Å². The van der Waals surface area contributed by atoms with Crippen LogP contribution in [0.15, 0.2) is 30.9 Å². The summed E-state index contributed by atoms with van der Waals surface area (Å²) < 4.78 is 10.3. The summed E-state index contributed by atoms with van der Waals surface area (Å²) in [7, 11) is 0. The van der Waals surface area contributed by atoms with Gasteiger partial charge in [-0.3, -0.25) is 0 Å². The van der Waals surface area contributed by atoms with Crippen LogP contribution in [-0.2, 0) is 16.0 Å². The van der Waals surface area contributed by atoms with Crippen molar-refractivity contribution >= 4 is 5.97 Å². The van der Waals surface area contributed by atoms with Crippen LogP contribution >= 0.6 is 0 Å². The molecular weight excluding hydrogens is 228 g/mol. The molecule has 1 aromatic rings. The highest BCUT2D eigenvalue weighted by Crippen LogP contribution is 2.18. The molecule has 0 fully saturated rings. The predicted molar refractivity (Wildman–Crippen MR) is 71.8 cm³/mol. The van der Waals surface area contributed by atoms with Gasteiger partial charge in [-0.2, -0.15) is 0 Å². The van der Waals surface area contributed by atoms with Gasteiger partial charge in [0.25, 0.3) is 0 Å². The van der Waals surface area contributed by atoms with Crippen molar-refractivity contribution in [2.24, 2.45) is 0 Å². The Labute approximate surface area is 108 Å². The first-order chi connectivity index (χ1) is 8.67. The van der Waals surface area contributed by atoms with E-state index in [1.54, 1.807) is 0 Å². The SMILES string of the molecule is C=CC(=O)OCCOc1ccc(CCC)c(C)c1. The van der Waals surface area contributed by atoms with Gasteiger partial charge in [-0.1, -0.05) is 26.0 Å². The van der Waals surface area contributed by atoms with Crippen LogP contribution in [-0.4, -0.2) is 19.2 Å². The van der Waals surface area contributed by atoms with Crippen LogP contribution in [0.2, 0.25) is 0 Å². The maximum absolute atomic E-state index is 10.8. The van der Waals surface area contributed by atoms with Crippen molar-refractivity contribution in [2.75, 3.05) is 13.2 Å². The smallest absolute Gasteiger partial charge is 0.330 e. The van der Waals surface area contributed by atoms with E-state index in [-0.39, 0.29) is 6.61 Å². The average molecular weight is 248 g/mol. The molecule has 3 nitrogen and oxygen atoms in total. The number of carbonyl (C=O) groups excluding carboxylic acids is 1. The molecule has 0 N–H and O–H groups in total. The number of esters is 1. The second kappa shape index (κ2) is 7.54. The van der Waals surface area contributed by atoms with Crippen molar-refractivity contribution < 1.29 is 14.3 Å². The van der Waals surface area contributed by atoms with Crippen LogP contribution in [0.5, 0.6) is 5.75 Å². The Kier molecular flexibility index (Phi) is 5.98. The summed E-state index contributed by atoms with van der Waals surface area (Å²) in [4.78, 5) is 10.8. The number of benzene rings is 1. The summed E-state index contributed by atoms with van der Waals surface area (Å²) in [6.45, 7) is 8.15. The van der Waals surface area contributed by atoms with E-state index in [4.69, 9.17) is 9.47 Å². The molecule has 1 rings (SSSR count). The molecule has 0 amide bonds. The zero-order chi connectivity index (χ0) is 13.4. The minimum Gasteiger partial charge on any atom is -0.490 e. The first-order valence-corrected chi connectivity index (χ1v) is 6.19. The van der Waals surface area contributed by atoms with Crippen LogP contribution < -0.4 is 4.74 Å². The normalized spacial score (nSPS) is 9.89. The van der Waals surface area contributed by atoms with E-state index in [1.807, 2.05) is 12.1 Å². The summed E-state index contributed by atoms with van der Waals surface area (Å²) in [5.41, 5.74) is 2.58. The first-order valence-electron chi connectivity index (χ1n) is 6.19. The highest BCUT2D eigenvalue weighted by atomic mass is 16.6. The van der Waals surface area contributed by atoms with Gasteiger partial charge in [0.2, 0.25) is 0 Å². The molecule has 0 aliphatic rings. The Morgan fingerprint density at radius 1 is 1.39 bits per heavy atom. The molecule has 0 bridgehead atoms. The third kappa shape index (κ3) is 4.62. The van der Waals surface area contributed by atoms with Crippen molar-refractivity contribution in [1.82, 2.24) is 0 Å². The van der Waals surface area contributed by atoms with E-state index in [0.717, 1.165) is 24.7 Å². The Balaban J connectivity index is 2.41. The second-order valence-corrected chi connectivity index (χ2v) is 4.06. The fourth-order valence-corrected chi connectivity index (χ4v) is 1.67. The van der Waals surface area contributed by atoms with E-state index in [0.29, 0.717) is 6.61 Å². The number of ether oxygens (including phenoxy) is 2. The molecule has 0 spiro atoms. The molecule has 0 aliphatic heterocycles. The quantitative estimate of drug-likeness (QED) is 0.422. The minimum absolute atomic E-state index is 0.237. The summed E-state index contributed by atoms with van der Waals surface area (Å²) >= 11 is 0. The number of hydrogen-bond acceptors (Lipinski definition) is 3. The summed E-state index contributed by atoms with van der Waals surface area (Å²) in [5, 5.41) is 0. The lowest BCUT2D eigenvalue weighted by Crippen LogP contribution is -2.10. The van der Waals surface area contributed by atoms with Gasteiger partial charge in [0.1, 0.15) is 19.0 Å². The molecule has 0 aromatic heterocycles. The first kappa shape index (κ1) is 14.3. The zero-order valence-corrected chi connectivity index (χ0v) is 11.1. The number of carbonyl (C=O) groups is 1. The number of hydrogen-bond donors (Lipinski definition) is 0. The summed E-state index contributed by atoms with van der Waals surface area (Å²) in [6.07, 6.45) is 3.37. The fraction of sp³-hybridized carbons (Fsp3) is 0.400. The standard InChI is InChI=1S/C15H20O3/c1-4-6-13-7-8-14(11-12(13)3)17-9-10-18-15(16)5-2/h5,7-8,11H,2,4,6,9-10H2,1,3H3. The van der Waals surface area contributed by atoms with Crippen molar-refractivity contribution in [2.45, 2.75) is 26.7 Å². The molecule has 3 heteroatoms. The van der Waals surface area contributed by atoms with Crippen molar-refractivity contribution in [3.63, 3.8) is 0 Å². The molecule has 0 heterocycles. The monoisotopic (exact) mass is 248 g/mol. The van der Waals surface area contributed by atoms with Crippen LogP contribution in [0.25, 0.3) is 0 Å². The van der Waals surface area contributed by atoms with Crippen LogP contribution in [0.1, 0.15) is 24.5 Å². The highest BCUT2D eigenvalue weighted by molar-refractivity contribution is 5.81. The predicted octanol–water partition coefficient (Wildman–Crippen LogP) is 3.06. The van der Waals surface area contributed by atoms with Crippen molar-refractivity contribution in [3.05, 3.63) is 42.0 Å². The average Bonchev–Trinajstić information content (AvgIpc) is 2.37. The largest absolute Gasteiger partial charge is 0.490 e. The maximum Gasteiger partial charge on any atom is 0.330 e. The van der Waals surface area contributed by atoms with Crippen LogP contribution in [0.3, 0.4) is 0 Å². The van der Waals surface area contributed by atoms with E-state index < -0.39 is 5.97 Å². The van der Waals surface area contributed by atoms with Gasteiger partial charge in [0, 0.05) is 6.08 Å². The molecule has 0 radical (unpaired) electrons. The number of rotatable bonds is 7. The third-order valence-corrected chi connectivity index (χ3v) is 2.60. The van der Waals surface area contributed by atoms with Gasteiger partial charge in [-0.15, -0.1) is 0 Å².